The Bertz CT molecular complexity index is 1450. The van der Waals surface area contributed by atoms with Gasteiger partial charge in [0.05, 0.1) is 18.8 Å². The van der Waals surface area contributed by atoms with Gasteiger partial charge in [-0.1, -0.05) is 39.7 Å². The number of anilines is 1. The van der Waals surface area contributed by atoms with E-state index in [1.165, 1.54) is 0 Å². The molecule has 2 unspecified atom stereocenters. The Morgan fingerprint density at radius 3 is 2.53 bits per heavy atom. The maximum atomic E-state index is 13.8. The van der Waals surface area contributed by atoms with Gasteiger partial charge in [-0.25, -0.2) is 0 Å². The summed E-state index contributed by atoms with van der Waals surface area (Å²) in [6, 6.07) is 20.7. The van der Waals surface area contributed by atoms with E-state index < -0.39 is 6.04 Å². The lowest BCUT2D eigenvalue weighted by atomic mass is 9.89. The van der Waals surface area contributed by atoms with Gasteiger partial charge in [0, 0.05) is 32.5 Å². The number of thiocarbonyl (C=S) groups is 1. The van der Waals surface area contributed by atoms with Crippen molar-refractivity contribution in [1.82, 2.24) is 9.88 Å². The molecule has 1 N–H and O–H groups in total. The van der Waals surface area contributed by atoms with Crippen molar-refractivity contribution < 1.29 is 9.53 Å². The van der Waals surface area contributed by atoms with Crippen LogP contribution in [0.15, 0.2) is 71.2 Å². The first-order valence-electron chi connectivity index (χ1n) is 10.8. The second kappa shape index (κ2) is 8.12. The molecule has 3 heterocycles. The van der Waals surface area contributed by atoms with Crippen molar-refractivity contribution in [2.45, 2.75) is 18.5 Å². The molecule has 8 heteroatoms. The highest BCUT2D eigenvalue weighted by Crippen LogP contribution is 2.45. The van der Waals surface area contributed by atoms with Crippen LogP contribution in [0.25, 0.3) is 10.9 Å². The fraction of sp³-hybridized carbons (Fsp3) is 0.154. The Balaban J connectivity index is 1.53. The lowest BCUT2D eigenvalue weighted by Gasteiger charge is -2.37. The number of aromatic amines is 1. The fourth-order valence-corrected chi connectivity index (χ4v) is 5.97. The molecule has 1 aromatic heterocycles. The van der Waals surface area contributed by atoms with Crippen LogP contribution < -0.4 is 9.64 Å². The number of H-pyrrole nitrogens is 1. The minimum Gasteiger partial charge on any atom is -0.497 e. The first-order valence-corrected chi connectivity index (χ1v) is 12.4. The number of hydrogen-bond acceptors (Lipinski definition) is 3. The van der Waals surface area contributed by atoms with E-state index >= 15 is 0 Å². The number of nitrogens with zero attached hydrogens (tertiary/aromatic N) is 2. The summed E-state index contributed by atoms with van der Waals surface area (Å²) in [5, 5.41) is 2.22. The third-order valence-corrected chi connectivity index (χ3v) is 7.76. The van der Waals surface area contributed by atoms with Crippen LogP contribution >= 0.6 is 39.7 Å². The molecule has 34 heavy (non-hydrogen) atoms. The second-order valence-corrected chi connectivity index (χ2v) is 10.2. The monoisotopic (exact) mass is 551 g/mol. The van der Waals surface area contributed by atoms with Crippen molar-refractivity contribution >= 4 is 67.4 Å². The number of fused-ring (bicyclic) bond motifs is 4. The number of amides is 1. The van der Waals surface area contributed by atoms with Crippen molar-refractivity contribution in [3.05, 3.63) is 93.0 Å². The highest BCUT2D eigenvalue weighted by Gasteiger charge is 2.51. The summed E-state index contributed by atoms with van der Waals surface area (Å²) >= 11 is 15.6. The number of ether oxygens (including phenoxy) is 1. The predicted octanol–water partition coefficient (Wildman–Crippen LogP) is 6.24. The molecule has 0 radical (unpaired) electrons. The van der Waals surface area contributed by atoms with E-state index in [0.717, 1.165) is 43.6 Å². The van der Waals surface area contributed by atoms with Crippen molar-refractivity contribution in [3.8, 4) is 5.75 Å². The van der Waals surface area contributed by atoms with Crippen LogP contribution in [-0.4, -0.2) is 34.1 Å². The maximum Gasteiger partial charge on any atom is 0.256 e. The van der Waals surface area contributed by atoms with E-state index in [9.17, 15) is 4.79 Å². The summed E-state index contributed by atoms with van der Waals surface area (Å²) in [4.78, 5) is 21.1. The van der Waals surface area contributed by atoms with Gasteiger partial charge in [0.2, 0.25) is 0 Å². The Kier molecular flexibility index (Phi) is 5.17. The van der Waals surface area contributed by atoms with E-state index in [-0.39, 0.29) is 11.9 Å². The zero-order valence-electron chi connectivity index (χ0n) is 18.1. The molecule has 0 bridgehead atoms. The molecule has 4 aromatic rings. The zero-order chi connectivity index (χ0) is 23.6. The Morgan fingerprint density at radius 1 is 1.09 bits per heavy atom. The van der Waals surface area contributed by atoms with Crippen molar-refractivity contribution in [1.29, 1.82) is 0 Å². The largest absolute Gasteiger partial charge is 0.497 e. The Hall–Kier alpha value is -2.87. The lowest BCUT2D eigenvalue weighted by molar-refractivity contribution is -0.120. The van der Waals surface area contributed by atoms with Gasteiger partial charge in [-0.2, -0.15) is 0 Å². The molecule has 2 aliphatic rings. The van der Waals surface area contributed by atoms with Gasteiger partial charge in [-0.15, -0.1) is 0 Å². The van der Waals surface area contributed by atoms with Crippen molar-refractivity contribution in [2.24, 2.45) is 0 Å². The van der Waals surface area contributed by atoms with Crippen molar-refractivity contribution in [3.63, 3.8) is 0 Å². The third kappa shape index (κ3) is 3.26. The van der Waals surface area contributed by atoms with Gasteiger partial charge in [-0.05, 0) is 77.9 Å². The topological polar surface area (TPSA) is 48.6 Å². The number of carbonyl (C=O) groups excluding carboxylic acids is 1. The summed E-state index contributed by atoms with van der Waals surface area (Å²) in [6.07, 6.45) is 0.571. The molecular weight excluding hydrogens is 534 g/mol. The molecule has 2 atom stereocenters. The zero-order valence-corrected chi connectivity index (χ0v) is 21.2. The van der Waals surface area contributed by atoms with Crippen LogP contribution in [0.3, 0.4) is 0 Å². The number of hydrogen-bond donors (Lipinski definition) is 1. The van der Waals surface area contributed by atoms with Crippen LogP contribution in [0.2, 0.25) is 5.02 Å². The van der Waals surface area contributed by atoms with Gasteiger partial charge in [0.25, 0.3) is 5.91 Å². The van der Waals surface area contributed by atoms with Crippen LogP contribution in [0.5, 0.6) is 5.75 Å². The van der Waals surface area contributed by atoms with E-state index in [0.29, 0.717) is 16.6 Å². The molecule has 3 aromatic carbocycles. The minimum absolute atomic E-state index is 0.0270. The van der Waals surface area contributed by atoms with Gasteiger partial charge in [-0.3, -0.25) is 9.69 Å². The molecule has 5 nitrogen and oxygen atoms in total. The molecule has 1 saturated heterocycles. The predicted molar refractivity (Wildman–Crippen MR) is 142 cm³/mol. The summed E-state index contributed by atoms with van der Waals surface area (Å²) in [6.45, 7) is 0. The molecule has 1 fully saturated rings. The number of rotatable bonds is 3. The molecule has 0 spiro atoms. The Labute approximate surface area is 215 Å². The molecule has 170 valence electrons. The highest BCUT2D eigenvalue weighted by molar-refractivity contribution is 9.10. The number of aromatic nitrogens is 1. The normalized spacial score (nSPS) is 19.5. The summed E-state index contributed by atoms with van der Waals surface area (Å²) in [5.41, 5.74) is 5.00. The van der Waals surface area contributed by atoms with E-state index in [4.69, 9.17) is 28.6 Å². The number of methoxy groups -OCH3 is 1. The van der Waals surface area contributed by atoms with Gasteiger partial charge >= 0.3 is 0 Å². The second-order valence-electron chi connectivity index (χ2n) is 8.44. The number of carbonyl (C=O) groups is 1. The van der Waals surface area contributed by atoms with Crippen LogP contribution in [0.1, 0.15) is 22.9 Å². The fourth-order valence-electron chi connectivity index (χ4n) is 5.05. The quantitative estimate of drug-likeness (QED) is 0.306. The molecule has 0 saturated carbocycles. The Morgan fingerprint density at radius 2 is 1.82 bits per heavy atom. The minimum atomic E-state index is -0.402. The van der Waals surface area contributed by atoms with Gasteiger partial charge in [0.1, 0.15) is 11.8 Å². The highest BCUT2D eigenvalue weighted by atomic mass is 79.9. The summed E-state index contributed by atoms with van der Waals surface area (Å²) in [5.74, 6) is 0.751. The standard InChI is InChI=1S/C26H19BrClN3O2S/c1-33-18-9-2-14(3-10-18)24-23-20(19-12-15(27)4-11-21(19)29-23)13-22-25(32)30(26(34)31(22)24)17-7-5-16(28)6-8-17/h2-12,22,24,29H,13H2,1H3. The first kappa shape index (κ1) is 21.6. The SMILES string of the molecule is COc1ccc(C2c3[nH]c4ccc(Br)cc4c3CC3C(=O)N(c4ccc(Cl)cc4)C(=S)N32)cc1. The number of halogens is 2. The smallest absolute Gasteiger partial charge is 0.256 e. The van der Waals surface area contributed by atoms with E-state index in [1.54, 1.807) is 24.1 Å². The summed E-state index contributed by atoms with van der Waals surface area (Å²) < 4.78 is 6.37. The average Bonchev–Trinajstić information content (AvgIpc) is 3.33. The third-order valence-electron chi connectivity index (χ3n) is 6.62. The van der Waals surface area contributed by atoms with E-state index in [1.807, 2.05) is 42.5 Å². The molecule has 1 amide bonds. The van der Waals surface area contributed by atoms with Crippen LogP contribution in [0, 0.1) is 0 Å². The van der Waals surface area contributed by atoms with Gasteiger partial charge in [0.15, 0.2) is 5.11 Å². The average molecular weight is 553 g/mol. The maximum absolute atomic E-state index is 13.8. The number of benzene rings is 3. The lowest BCUT2D eigenvalue weighted by Crippen LogP contribution is -2.44. The van der Waals surface area contributed by atoms with Crippen molar-refractivity contribution in [2.75, 3.05) is 12.0 Å². The van der Waals surface area contributed by atoms with E-state index in [2.05, 4.69) is 37.9 Å². The molecular formula is C26H19BrClN3O2S. The number of nitrogens with one attached hydrogen (secondary N) is 1. The molecule has 2 aliphatic heterocycles. The first-order chi connectivity index (χ1) is 16.5. The van der Waals surface area contributed by atoms with Crippen LogP contribution in [0.4, 0.5) is 5.69 Å². The summed E-state index contributed by atoms with van der Waals surface area (Å²) in [7, 11) is 1.65. The van der Waals surface area contributed by atoms with Gasteiger partial charge < -0.3 is 14.6 Å². The molecule has 6 rings (SSSR count). The molecule has 0 aliphatic carbocycles. The van der Waals surface area contributed by atoms with Crippen LogP contribution in [-0.2, 0) is 11.2 Å².